The molecule has 3 heterocycles. The van der Waals surface area contributed by atoms with Gasteiger partial charge in [0.2, 0.25) is 5.91 Å². The summed E-state index contributed by atoms with van der Waals surface area (Å²) in [5, 5.41) is 10.1. The maximum atomic E-state index is 13.9. The number of carbonyl (C=O) groups is 2. The van der Waals surface area contributed by atoms with Crippen molar-refractivity contribution < 1.29 is 18.7 Å². The van der Waals surface area contributed by atoms with Crippen molar-refractivity contribution in [1.29, 1.82) is 0 Å². The molecule has 2 N–H and O–H groups in total. The topological polar surface area (TPSA) is 103 Å². The second-order valence-electron chi connectivity index (χ2n) is 8.34. The van der Waals surface area contributed by atoms with E-state index in [1.165, 1.54) is 13.2 Å². The Kier molecular flexibility index (Phi) is 7.04. The van der Waals surface area contributed by atoms with Gasteiger partial charge < -0.3 is 19.9 Å². The number of H-pyrrole nitrogens is 1. The van der Waals surface area contributed by atoms with Crippen LogP contribution in [-0.2, 0) is 14.9 Å². The molecular weight excluding hydrogens is 439 g/mol. The predicted octanol–water partition coefficient (Wildman–Crippen LogP) is 2.26. The van der Waals surface area contributed by atoms with Gasteiger partial charge in [-0.2, -0.15) is 5.10 Å². The van der Waals surface area contributed by atoms with Gasteiger partial charge in [0.25, 0.3) is 0 Å². The number of aromatic nitrogens is 3. The van der Waals surface area contributed by atoms with Gasteiger partial charge in [0, 0.05) is 50.5 Å². The van der Waals surface area contributed by atoms with E-state index in [1.54, 1.807) is 28.9 Å². The molecule has 2 fully saturated rings. The van der Waals surface area contributed by atoms with Crippen molar-refractivity contribution in [2.75, 3.05) is 45.2 Å². The Morgan fingerprint density at radius 2 is 2.06 bits per heavy atom. The van der Waals surface area contributed by atoms with E-state index in [-0.39, 0.29) is 42.7 Å². The standard InChI is InChI=1S/C21H27FN6O3.ClH/c1-13-16(22)5-4-6-17(13)24-20(30)28-10-15-9-27(18(29)11-31-3)8-7-21(15,12-28)19-23-14(2)25-26-19;/h4-6,15H,7-12H2,1-3H3,(H,24,30)(H,23,25,26);1H/t15-,21-;/m1./s1. The summed E-state index contributed by atoms with van der Waals surface area (Å²) >= 11 is 0. The van der Waals surface area contributed by atoms with Gasteiger partial charge in [-0.3, -0.25) is 9.89 Å². The number of hydrogen-bond acceptors (Lipinski definition) is 5. The third kappa shape index (κ3) is 4.29. The van der Waals surface area contributed by atoms with Crippen molar-refractivity contribution in [3.8, 4) is 0 Å². The number of piperidine rings is 1. The van der Waals surface area contributed by atoms with Crippen molar-refractivity contribution >= 4 is 30.0 Å². The van der Waals surface area contributed by atoms with Gasteiger partial charge in [0.15, 0.2) is 5.82 Å². The Labute approximate surface area is 192 Å². The molecule has 32 heavy (non-hydrogen) atoms. The lowest BCUT2D eigenvalue weighted by Gasteiger charge is -2.41. The number of methoxy groups -OCH3 is 1. The monoisotopic (exact) mass is 466 g/mol. The van der Waals surface area contributed by atoms with E-state index in [2.05, 4.69) is 20.5 Å². The molecular formula is C21H28ClFN6O3. The molecule has 2 aliphatic rings. The predicted molar refractivity (Wildman–Crippen MR) is 118 cm³/mol. The van der Waals surface area contributed by atoms with Crippen LogP contribution in [0.2, 0.25) is 0 Å². The molecule has 2 aromatic rings. The molecule has 0 unspecified atom stereocenters. The molecule has 2 aliphatic heterocycles. The molecule has 9 nitrogen and oxygen atoms in total. The van der Waals surface area contributed by atoms with E-state index in [0.717, 1.165) is 0 Å². The maximum absolute atomic E-state index is 13.9. The number of aryl methyl sites for hydroxylation is 1. The van der Waals surface area contributed by atoms with Crippen LogP contribution in [0.15, 0.2) is 18.2 Å². The highest BCUT2D eigenvalue weighted by Gasteiger charge is 2.54. The lowest BCUT2D eigenvalue weighted by Crippen LogP contribution is -2.52. The number of fused-ring (bicyclic) bond motifs is 1. The van der Waals surface area contributed by atoms with E-state index in [4.69, 9.17) is 4.74 Å². The maximum Gasteiger partial charge on any atom is 0.321 e. The van der Waals surface area contributed by atoms with Gasteiger partial charge in [0.05, 0.1) is 5.41 Å². The van der Waals surface area contributed by atoms with Crippen molar-refractivity contribution in [3.63, 3.8) is 0 Å². The molecule has 0 saturated carbocycles. The van der Waals surface area contributed by atoms with E-state index < -0.39 is 5.41 Å². The fourth-order valence-corrected chi connectivity index (χ4v) is 4.65. The second-order valence-corrected chi connectivity index (χ2v) is 8.34. The van der Waals surface area contributed by atoms with Crippen LogP contribution in [0, 0.1) is 25.6 Å². The van der Waals surface area contributed by atoms with Gasteiger partial charge in [-0.25, -0.2) is 14.2 Å². The van der Waals surface area contributed by atoms with Crippen LogP contribution in [0.1, 0.15) is 23.6 Å². The van der Waals surface area contributed by atoms with Crippen LogP contribution in [0.3, 0.4) is 0 Å². The number of rotatable bonds is 4. The second kappa shape index (κ2) is 9.41. The number of benzene rings is 1. The number of aromatic amines is 1. The van der Waals surface area contributed by atoms with Crippen LogP contribution in [0.25, 0.3) is 0 Å². The molecule has 174 valence electrons. The summed E-state index contributed by atoms with van der Waals surface area (Å²) in [6, 6.07) is 4.31. The minimum absolute atomic E-state index is 0. The number of nitrogens with zero attached hydrogens (tertiary/aromatic N) is 4. The van der Waals surface area contributed by atoms with E-state index in [0.29, 0.717) is 55.5 Å². The first-order chi connectivity index (χ1) is 14.8. The van der Waals surface area contributed by atoms with Crippen molar-refractivity contribution in [2.24, 2.45) is 5.92 Å². The molecule has 0 bridgehead atoms. The Morgan fingerprint density at radius 1 is 1.31 bits per heavy atom. The molecule has 2 atom stereocenters. The van der Waals surface area contributed by atoms with Crippen LogP contribution >= 0.6 is 12.4 Å². The van der Waals surface area contributed by atoms with Gasteiger partial charge in [-0.05, 0) is 32.4 Å². The average molecular weight is 467 g/mol. The summed E-state index contributed by atoms with van der Waals surface area (Å²) in [4.78, 5) is 33.5. The lowest BCUT2D eigenvalue weighted by atomic mass is 9.72. The zero-order valence-electron chi connectivity index (χ0n) is 18.4. The highest BCUT2D eigenvalue weighted by Crippen LogP contribution is 2.44. The van der Waals surface area contributed by atoms with Crippen LogP contribution in [0.4, 0.5) is 14.9 Å². The number of amides is 3. The third-order valence-electron chi connectivity index (χ3n) is 6.42. The first kappa shape index (κ1) is 23.9. The zero-order valence-corrected chi connectivity index (χ0v) is 19.2. The molecule has 11 heteroatoms. The molecule has 4 rings (SSSR count). The zero-order chi connectivity index (χ0) is 22.2. The van der Waals surface area contributed by atoms with E-state index in [1.807, 2.05) is 6.92 Å². The number of nitrogens with one attached hydrogen (secondary N) is 2. The first-order valence-electron chi connectivity index (χ1n) is 10.3. The summed E-state index contributed by atoms with van der Waals surface area (Å²) in [7, 11) is 1.50. The summed E-state index contributed by atoms with van der Waals surface area (Å²) < 4.78 is 18.9. The minimum atomic E-state index is -0.442. The molecule has 0 spiro atoms. The van der Waals surface area contributed by atoms with Crippen LogP contribution < -0.4 is 5.32 Å². The highest BCUT2D eigenvalue weighted by atomic mass is 35.5. The Hall–Kier alpha value is -2.72. The van der Waals surface area contributed by atoms with Gasteiger partial charge in [-0.1, -0.05) is 6.07 Å². The number of halogens is 2. The first-order valence-corrected chi connectivity index (χ1v) is 10.3. The third-order valence-corrected chi connectivity index (χ3v) is 6.42. The smallest absolute Gasteiger partial charge is 0.321 e. The quantitative estimate of drug-likeness (QED) is 0.719. The Bertz CT molecular complexity index is 1000. The van der Waals surface area contributed by atoms with Gasteiger partial charge >= 0.3 is 6.03 Å². The van der Waals surface area contributed by atoms with Crippen LogP contribution in [0.5, 0.6) is 0 Å². The Balaban J connectivity index is 0.00000289. The summed E-state index contributed by atoms with van der Waals surface area (Å²) in [5.41, 5.74) is 0.394. The fourth-order valence-electron chi connectivity index (χ4n) is 4.65. The number of urea groups is 1. The van der Waals surface area contributed by atoms with E-state index >= 15 is 0 Å². The van der Waals surface area contributed by atoms with Crippen molar-refractivity contribution in [2.45, 2.75) is 25.7 Å². The van der Waals surface area contributed by atoms with Crippen molar-refractivity contribution in [3.05, 3.63) is 41.2 Å². The number of carbonyl (C=O) groups excluding carboxylic acids is 2. The molecule has 2 saturated heterocycles. The number of anilines is 1. The molecule has 1 aromatic heterocycles. The van der Waals surface area contributed by atoms with Gasteiger partial charge in [-0.15, -0.1) is 12.4 Å². The van der Waals surface area contributed by atoms with E-state index in [9.17, 15) is 14.0 Å². The number of likely N-dealkylation sites (tertiary alicyclic amines) is 2. The number of hydrogen-bond donors (Lipinski definition) is 2. The molecule has 0 aliphatic carbocycles. The highest BCUT2D eigenvalue weighted by molar-refractivity contribution is 5.90. The van der Waals surface area contributed by atoms with Gasteiger partial charge in [0.1, 0.15) is 18.2 Å². The average Bonchev–Trinajstić information content (AvgIpc) is 3.35. The molecule has 0 radical (unpaired) electrons. The lowest BCUT2D eigenvalue weighted by molar-refractivity contribution is -0.137. The number of ether oxygens (including phenoxy) is 1. The Morgan fingerprint density at radius 3 is 2.75 bits per heavy atom. The molecule has 3 amide bonds. The van der Waals surface area contributed by atoms with Crippen molar-refractivity contribution in [1.82, 2.24) is 25.0 Å². The summed E-state index contributed by atoms with van der Waals surface area (Å²) in [6.07, 6.45) is 0.646. The summed E-state index contributed by atoms with van der Waals surface area (Å²) in [5.74, 6) is 0.926. The molecule has 1 aromatic carbocycles. The summed E-state index contributed by atoms with van der Waals surface area (Å²) in [6.45, 7) is 5.43. The SMILES string of the molecule is COCC(=O)N1CC[C@@]2(c3n[nH]c(C)n3)CN(C(=O)Nc3cccc(F)c3C)C[C@H]2C1.Cl. The minimum Gasteiger partial charge on any atom is -0.375 e. The fraction of sp³-hybridized carbons (Fsp3) is 0.524. The van der Waals surface area contributed by atoms with Crippen LogP contribution in [-0.4, -0.2) is 76.8 Å². The normalized spacial score (nSPS) is 22.3. The largest absolute Gasteiger partial charge is 0.375 e.